The average Bonchev–Trinajstić information content (AvgIpc) is 3.30. The fourth-order valence-electron chi connectivity index (χ4n) is 3.95. The first kappa shape index (κ1) is 19.0. The Bertz CT molecular complexity index is 815. The van der Waals surface area contributed by atoms with Gasteiger partial charge >= 0.3 is 0 Å². The van der Waals surface area contributed by atoms with Crippen LogP contribution in [0.1, 0.15) is 40.2 Å². The molecule has 4 rings (SSSR count). The van der Waals surface area contributed by atoms with Gasteiger partial charge in [-0.1, -0.05) is 17.3 Å². The molecule has 1 N–H and O–H groups in total. The van der Waals surface area contributed by atoms with Gasteiger partial charge in [0.1, 0.15) is 18.1 Å². The van der Waals surface area contributed by atoms with Crippen LogP contribution in [0, 0.1) is 13.8 Å². The van der Waals surface area contributed by atoms with Gasteiger partial charge in [0.15, 0.2) is 0 Å². The molecule has 2 unspecified atom stereocenters. The largest absolute Gasteiger partial charge is 0.488 e. The lowest BCUT2D eigenvalue weighted by Gasteiger charge is -2.35. The number of benzene rings is 1. The van der Waals surface area contributed by atoms with Crippen LogP contribution in [0.2, 0.25) is 0 Å². The molecular formula is C21H27N3O4. The second-order valence-corrected chi connectivity index (χ2v) is 7.54. The summed E-state index contributed by atoms with van der Waals surface area (Å²) in [5, 5.41) is 6.94. The number of ether oxygens (including phenoxy) is 2. The van der Waals surface area contributed by atoms with E-state index in [0.717, 1.165) is 36.7 Å². The molecule has 1 aromatic carbocycles. The number of rotatable bonds is 6. The van der Waals surface area contributed by atoms with Gasteiger partial charge in [-0.05, 0) is 45.4 Å². The van der Waals surface area contributed by atoms with Gasteiger partial charge in [0, 0.05) is 19.1 Å². The van der Waals surface area contributed by atoms with E-state index in [0.29, 0.717) is 30.5 Å². The Hall–Kier alpha value is -2.38. The third-order valence-electron chi connectivity index (χ3n) is 5.64. The van der Waals surface area contributed by atoms with Crippen molar-refractivity contribution in [2.75, 3.05) is 26.2 Å². The van der Waals surface area contributed by atoms with Gasteiger partial charge in [-0.2, -0.15) is 0 Å². The van der Waals surface area contributed by atoms with Crippen molar-refractivity contribution in [3.05, 3.63) is 46.8 Å². The molecule has 0 aliphatic carbocycles. The van der Waals surface area contributed by atoms with Crippen molar-refractivity contribution in [3.63, 3.8) is 0 Å². The Balaban J connectivity index is 1.35. The molecule has 150 valence electrons. The monoisotopic (exact) mass is 385 g/mol. The Kier molecular flexibility index (Phi) is 5.64. The fourth-order valence-corrected chi connectivity index (χ4v) is 3.95. The molecule has 1 aromatic heterocycles. The van der Waals surface area contributed by atoms with Gasteiger partial charge in [-0.25, -0.2) is 0 Å². The van der Waals surface area contributed by atoms with Crippen LogP contribution in [0.3, 0.4) is 0 Å². The molecule has 2 saturated heterocycles. The number of carbonyl (C=O) groups is 1. The number of hydrogen-bond donors (Lipinski definition) is 1. The summed E-state index contributed by atoms with van der Waals surface area (Å²) in [5.74, 6) is 1.12. The predicted octanol–water partition coefficient (Wildman–Crippen LogP) is 2.46. The van der Waals surface area contributed by atoms with E-state index in [1.54, 1.807) is 12.1 Å². The number of hydrogen-bond acceptors (Lipinski definition) is 6. The summed E-state index contributed by atoms with van der Waals surface area (Å²) < 4.78 is 17.0. The van der Waals surface area contributed by atoms with E-state index in [2.05, 4.69) is 15.4 Å². The lowest BCUT2D eigenvalue weighted by molar-refractivity contribution is -0.0461. The van der Waals surface area contributed by atoms with Crippen molar-refractivity contribution < 1.29 is 18.8 Å². The quantitative estimate of drug-likeness (QED) is 0.823. The van der Waals surface area contributed by atoms with Crippen molar-refractivity contribution >= 4 is 5.91 Å². The first-order valence-corrected chi connectivity index (χ1v) is 9.89. The van der Waals surface area contributed by atoms with Crippen LogP contribution in [0.25, 0.3) is 0 Å². The van der Waals surface area contributed by atoms with Crippen LogP contribution in [0.5, 0.6) is 5.75 Å². The van der Waals surface area contributed by atoms with Crippen LogP contribution in [-0.4, -0.2) is 54.4 Å². The summed E-state index contributed by atoms with van der Waals surface area (Å²) in [6.07, 6.45) is 2.49. The second kappa shape index (κ2) is 8.32. The van der Waals surface area contributed by atoms with Crippen LogP contribution < -0.4 is 10.1 Å². The van der Waals surface area contributed by atoms with Crippen molar-refractivity contribution in [3.8, 4) is 5.75 Å². The van der Waals surface area contributed by atoms with Gasteiger partial charge in [-0.15, -0.1) is 0 Å². The van der Waals surface area contributed by atoms with Crippen molar-refractivity contribution in [1.29, 1.82) is 0 Å². The molecule has 7 nitrogen and oxygen atoms in total. The maximum absolute atomic E-state index is 12.7. The number of aryl methyl sites for hydroxylation is 2. The van der Waals surface area contributed by atoms with Gasteiger partial charge in [0.2, 0.25) is 0 Å². The smallest absolute Gasteiger partial charge is 0.255 e. The number of morpholine rings is 1. The van der Waals surface area contributed by atoms with E-state index in [4.69, 9.17) is 14.0 Å². The third-order valence-corrected chi connectivity index (χ3v) is 5.64. The molecule has 2 atom stereocenters. The number of aromatic nitrogens is 1. The predicted molar refractivity (Wildman–Crippen MR) is 103 cm³/mol. The van der Waals surface area contributed by atoms with Crippen molar-refractivity contribution in [1.82, 2.24) is 15.4 Å². The fraction of sp³-hybridized carbons (Fsp3) is 0.524. The molecule has 0 saturated carbocycles. The minimum atomic E-state index is -0.151. The van der Waals surface area contributed by atoms with E-state index in [1.807, 2.05) is 26.0 Å². The number of para-hydroxylation sites is 1. The Morgan fingerprint density at radius 1 is 1.36 bits per heavy atom. The molecular weight excluding hydrogens is 358 g/mol. The van der Waals surface area contributed by atoms with Crippen LogP contribution in [-0.2, 0) is 11.3 Å². The Labute approximate surface area is 165 Å². The van der Waals surface area contributed by atoms with Crippen molar-refractivity contribution in [2.45, 2.75) is 45.4 Å². The zero-order chi connectivity index (χ0) is 19.5. The summed E-state index contributed by atoms with van der Waals surface area (Å²) in [5.41, 5.74) is 2.23. The van der Waals surface area contributed by atoms with Gasteiger partial charge in [-0.3, -0.25) is 9.69 Å². The first-order valence-electron chi connectivity index (χ1n) is 9.89. The van der Waals surface area contributed by atoms with E-state index in [9.17, 15) is 4.79 Å². The lowest BCUT2D eigenvalue weighted by Crippen LogP contribution is -2.50. The highest BCUT2D eigenvalue weighted by molar-refractivity contribution is 5.96. The maximum atomic E-state index is 12.7. The molecule has 28 heavy (non-hydrogen) atoms. The van der Waals surface area contributed by atoms with Gasteiger partial charge in [0.25, 0.3) is 5.91 Å². The van der Waals surface area contributed by atoms with E-state index in [-0.39, 0.29) is 12.0 Å². The summed E-state index contributed by atoms with van der Waals surface area (Å²) in [6.45, 7) is 7.33. The standard InChI is InChI=1S/C21H27N3O4/c1-14-19(15(2)28-23-14)13-27-20-8-4-3-7-18(20)21(25)22-10-17-11-24-9-5-6-16(24)12-26-17/h3-4,7-8,16-17H,5-6,9-13H2,1-2H3,(H,22,25). The van der Waals surface area contributed by atoms with Crippen molar-refractivity contribution in [2.24, 2.45) is 0 Å². The molecule has 7 heteroatoms. The first-order chi connectivity index (χ1) is 13.6. The zero-order valence-corrected chi connectivity index (χ0v) is 16.4. The van der Waals surface area contributed by atoms with Crippen LogP contribution >= 0.6 is 0 Å². The summed E-state index contributed by atoms with van der Waals surface area (Å²) in [6, 6.07) is 7.83. The molecule has 2 aliphatic rings. The highest BCUT2D eigenvalue weighted by atomic mass is 16.5. The summed E-state index contributed by atoms with van der Waals surface area (Å²) in [4.78, 5) is 15.2. The van der Waals surface area contributed by atoms with Crippen LogP contribution in [0.15, 0.2) is 28.8 Å². The highest BCUT2D eigenvalue weighted by Crippen LogP contribution is 2.23. The number of fused-ring (bicyclic) bond motifs is 1. The molecule has 2 fully saturated rings. The van der Waals surface area contributed by atoms with E-state index in [1.165, 1.54) is 12.8 Å². The molecule has 1 amide bonds. The zero-order valence-electron chi connectivity index (χ0n) is 16.4. The molecule has 0 radical (unpaired) electrons. The maximum Gasteiger partial charge on any atom is 0.255 e. The molecule has 0 bridgehead atoms. The Morgan fingerprint density at radius 3 is 3.04 bits per heavy atom. The minimum Gasteiger partial charge on any atom is -0.488 e. The second-order valence-electron chi connectivity index (χ2n) is 7.54. The third kappa shape index (κ3) is 4.05. The lowest BCUT2D eigenvalue weighted by atomic mass is 10.1. The minimum absolute atomic E-state index is 0.0358. The number of carbonyl (C=O) groups excluding carboxylic acids is 1. The Morgan fingerprint density at radius 2 is 2.21 bits per heavy atom. The molecule has 0 spiro atoms. The number of nitrogens with zero attached hydrogens (tertiary/aromatic N) is 2. The van der Waals surface area contributed by atoms with E-state index >= 15 is 0 Å². The topological polar surface area (TPSA) is 76.8 Å². The van der Waals surface area contributed by atoms with E-state index < -0.39 is 0 Å². The van der Waals surface area contributed by atoms with Gasteiger partial charge in [0.05, 0.1) is 29.5 Å². The van der Waals surface area contributed by atoms with Gasteiger partial charge < -0.3 is 19.3 Å². The molecule has 2 aromatic rings. The summed E-state index contributed by atoms with van der Waals surface area (Å²) >= 11 is 0. The normalized spacial score (nSPS) is 22.1. The molecule has 2 aliphatic heterocycles. The average molecular weight is 385 g/mol. The molecule has 3 heterocycles. The number of nitrogens with one attached hydrogen (secondary N) is 1. The number of amides is 1. The summed E-state index contributed by atoms with van der Waals surface area (Å²) in [7, 11) is 0. The van der Waals surface area contributed by atoms with Crippen LogP contribution in [0.4, 0.5) is 0 Å². The SMILES string of the molecule is Cc1noc(C)c1COc1ccccc1C(=O)NCC1CN2CCCC2CO1. The highest BCUT2D eigenvalue weighted by Gasteiger charge is 2.32.